The summed E-state index contributed by atoms with van der Waals surface area (Å²) in [6.07, 6.45) is 1.88. The molecule has 0 aliphatic heterocycles. The summed E-state index contributed by atoms with van der Waals surface area (Å²) in [7, 11) is 0. The molecule has 0 unspecified atom stereocenters. The fourth-order valence-corrected chi connectivity index (χ4v) is 2.35. The zero-order chi connectivity index (χ0) is 15.6. The van der Waals surface area contributed by atoms with Crippen LogP contribution in [0.1, 0.15) is 12.8 Å². The summed E-state index contributed by atoms with van der Waals surface area (Å²) in [5.41, 5.74) is -0.215. The summed E-state index contributed by atoms with van der Waals surface area (Å²) >= 11 is 2.96. The molecule has 0 atom stereocenters. The van der Waals surface area contributed by atoms with Crippen molar-refractivity contribution in [1.82, 2.24) is 4.90 Å². The predicted molar refractivity (Wildman–Crippen MR) is 75.0 cm³/mol. The summed E-state index contributed by atoms with van der Waals surface area (Å²) in [6, 6.07) is 0.930. The Labute approximate surface area is 128 Å². The number of halogens is 3. The van der Waals surface area contributed by atoms with Gasteiger partial charge in [0.25, 0.3) is 0 Å². The number of hydrogen-bond acceptors (Lipinski definition) is 2. The lowest BCUT2D eigenvalue weighted by molar-refractivity contribution is -0.137. The summed E-state index contributed by atoms with van der Waals surface area (Å²) in [6.45, 7) is -0.165. The second kappa shape index (κ2) is 6.38. The number of carbonyl (C=O) groups is 2. The number of nitrogens with zero attached hydrogens (tertiary/aromatic N) is 1. The molecule has 2 rings (SSSR count). The van der Waals surface area contributed by atoms with Gasteiger partial charge in [-0.25, -0.2) is 13.6 Å². The monoisotopic (exact) mass is 362 g/mol. The van der Waals surface area contributed by atoms with Gasteiger partial charge in [-0.2, -0.15) is 0 Å². The highest BCUT2D eigenvalue weighted by Crippen LogP contribution is 2.31. The van der Waals surface area contributed by atoms with Gasteiger partial charge < -0.3 is 15.3 Å². The zero-order valence-electron chi connectivity index (χ0n) is 10.9. The maximum Gasteiger partial charge on any atom is 0.323 e. The molecule has 2 amide bonds. The number of urea groups is 1. The molecule has 0 radical (unpaired) electrons. The van der Waals surface area contributed by atoms with E-state index in [0.29, 0.717) is 12.6 Å². The van der Waals surface area contributed by atoms with Crippen molar-refractivity contribution in [3.8, 4) is 0 Å². The molecule has 0 aromatic heterocycles. The topological polar surface area (TPSA) is 69.6 Å². The van der Waals surface area contributed by atoms with Crippen molar-refractivity contribution in [1.29, 1.82) is 0 Å². The summed E-state index contributed by atoms with van der Waals surface area (Å²) < 4.78 is 26.7. The number of carboxylic acids is 1. The third-order valence-corrected chi connectivity index (χ3v) is 3.65. The van der Waals surface area contributed by atoms with E-state index in [1.165, 1.54) is 0 Å². The molecule has 1 aromatic carbocycles. The molecule has 1 saturated carbocycles. The molecule has 2 N–H and O–H groups in total. The zero-order valence-corrected chi connectivity index (χ0v) is 12.5. The van der Waals surface area contributed by atoms with Gasteiger partial charge in [0.15, 0.2) is 5.82 Å². The Balaban J connectivity index is 2.12. The predicted octanol–water partition coefficient (Wildman–Crippen LogP) is 3.06. The molecule has 1 fully saturated rings. The van der Waals surface area contributed by atoms with E-state index in [9.17, 15) is 18.4 Å². The number of amides is 2. The van der Waals surface area contributed by atoms with Crippen LogP contribution in [-0.2, 0) is 4.79 Å². The molecular weight excluding hydrogens is 350 g/mol. The van der Waals surface area contributed by atoms with Crippen molar-refractivity contribution in [2.45, 2.75) is 12.8 Å². The Morgan fingerprint density at radius 1 is 1.38 bits per heavy atom. The molecule has 1 aliphatic carbocycles. The van der Waals surface area contributed by atoms with Crippen molar-refractivity contribution in [3.63, 3.8) is 0 Å². The first-order valence-electron chi connectivity index (χ1n) is 6.29. The van der Waals surface area contributed by atoms with Crippen molar-refractivity contribution in [2.24, 2.45) is 5.92 Å². The third kappa shape index (κ3) is 4.38. The minimum Gasteiger partial charge on any atom is -0.480 e. The van der Waals surface area contributed by atoms with E-state index in [1.54, 1.807) is 0 Å². The minimum atomic E-state index is -1.15. The van der Waals surface area contributed by atoms with Gasteiger partial charge >= 0.3 is 12.0 Å². The lowest BCUT2D eigenvalue weighted by atomic mass is 10.3. The Bertz CT molecular complexity index is 556. The third-order valence-electron chi connectivity index (χ3n) is 3.03. The summed E-state index contributed by atoms with van der Waals surface area (Å²) in [5, 5.41) is 11.1. The Morgan fingerprint density at radius 2 is 2.05 bits per heavy atom. The van der Waals surface area contributed by atoms with E-state index in [4.69, 9.17) is 5.11 Å². The van der Waals surface area contributed by atoms with Crippen LogP contribution in [-0.4, -0.2) is 35.1 Å². The molecule has 1 aromatic rings. The van der Waals surface area contributed by atoms with E-state index in [2.05, 4.69) is 21.2 Å². The number of nitrogens with one attached hydrogen (secondary N) is 1. The Kier molecular flexibility index (Phi) is 4.76. The highest BCUT2D eigenvalue weighted by Gasteiger charge is 2.28. The molecule has 0 bridgehead atoms. The minimum absolute atomic E-state index is 0.0510. The second-order valence-electron chi connectivity index (χ2n) is 4.89. The van der Waals surface area contributed by atoms with Crippen LogP contribution in [0, 0.1) is 17.6 Å². The number of rotatable bonds is 5. The van der Waals surface area contributed by atoms with Gasteiger partial charge in [0.1, 0.15) is 12.4 Å². The van der Waals surface area contributed by atoms with Crippen LogP contribution in [0.3, 0.4) is 0 Å². The van der Waals surface area contributed by atoms with Gasteiger partial charge in [-0.3, -0.25) is 4.79 Å². The van der Waals surface area contributed by atoms with Gasteiger partial charge in [0, 0.05) is 17.1 Å². The number of hydrogen-bond donors (Lipinski definition) is 2. The van der Waals surface area contributed by atoms with Crippen LogP contribution in [0.15, 0.2) is 16.6 Å². The Morgan fingerprint density at radius 3 is 2.57 bits per heavy atom. The van der Waals surface area contributed by atoms with Crippen molar-refractivity contribution in [3.05, 3.63) is 28.2 Å². The molecule has 8 heteroatoms. The average molecular weight is 363 g/mol. The fourth-order valence-electron chi connectivity index (χ4n) is 1.84. The highest BCUT2D eigenvalue weighted by molar-refractivity contribution is 9.10. The number of anilines is 1. The average Bonchev–Trinajstić information content (AvgIpc) is 3.16. The van der Waals surface area contributed by atoms with Crippen molar-refractivity contribution >= 4 is 33.6 Å². The maximum absolute atomic E-state index is 13.7. The second-order valence-corrected chi connectivity index (χ2v) is 5.75. The van der Waals surface area contributed by atoms with Gasteiger partial charge in [0.05, 0.1) is 5.69 Å². The first-order valence-corrected chi connectivity index (χ1v) is 7.08. The van der Waals surface area contributed by atoms with E-state index in [1.807, 2.05) is 0 Å². The SMILES string of the molecule is O=C(O)CN(CC1CC1)C(=O)Nc1c(F)cc(F)cc1Br. The molecular formula is C13H13BrF2N2O3. The normalized spacial score (nSPS) is 13.9. The lowest BCUT2D eigenvalue weighted by Gasteiger charge is -2.21. The van der Waals surface area contributed by atoms with Gasteiger partial charge in [-0.1, -0.05) is 0 Å². The smallest absolute Gasteiger partial charge is 0.323 e. The van der Waals surface area contributed by atoms with Gasteiger partial charge in [-0.05, 0) is 40.8 Å². The van der Waals surface area contributed by atoms with E-state index >= 15 is 0 Å². The molecule has 0 saturated heterocycles. The van der Waals surface area contributed by atoms with Crippen molar-refractivity contribution in [2.75, 3.05) is 18.4 Å². The number of benzene rings is 1. The molecule has 21 heavy (non-hydrogen) atoms. The molecule has 114 valence electrons. The molecule has 0 spiro atoms. The van der Waals surface area contributed by atoms with Crippen molar-refractivity contribution < 1.29 is 23.5 Å². The fraction of sp³-hybridized carbons (Fsp3) is 0.385. The molecule has 5 nitrogen and oxygen atoms in total. The van der Waals surface area contributed by atoms with E-state index in [-0.39, 0.29) is 16.1 Å². The van der Waals surface area contributed by atoms with Gasteiger partial charge in [0.2, 0.25) is 0 Å². The highest BCUT2D eigenvalue weighted by atomic mass is 79.9. The van der Waals surface area contributed by atoms with E-state index in [0.717, 1.165) is 23.8 Å². The maximum atomic E-state index is 13.7. The van der Waals surface area contributed by atoms with Gasteiger partial charge in [-0.15, -0.1) is 0 Å². The lowest BCUT2D eigenvalue weighted by Crippen LogP contribution is -2.40. The summed E-state index contributed by atoms with van der Waals surface area (Å²) in [5.74, 6) is -2.57. The molecule has 1 aliphatic rings. The largest absolute Gasteiger partial charge is 0.480 e. The quantitative estimate of drug-likeness (QED) is 0.845. The van der Waals surface area contributed by atoms with E-state index < -0.39 is 30.2 Å². The van der Waals surface area contributed by atoms with Crippen LogP contribution < -0.4 is 5.32 Å². The number of carbonyl (C=O) groups excluding carboxylic acids is 1. The summed E-state index contributed by atoms with van der Waals surface area (Å²) in [4.78, 5) is 24.0. The van der Waals surface area contributed by atoms with Crippen LogP contribution in [0.2, 0.25) is 0 Å². The Hall–Kier alpha value is -1.70. The van der Waals surface area contributed by atoms with Crippen LogP contribution in [0.25, 0.3) is 0 Å². The number of aliphatic carboxylic acids is 1. The first-order chi connectivity index (χ1) is 9.86. The molecule has 0 heterocycles. The van der Waals surface area contributed by atoms with Crippen LogP contribution in [0.5, 0.6) is 0 Å². The van der Waals surface area contributed by atoms with Crippen LogP contribution in [0.4, 0.5) is 19.3 Å². The standard InChI is InChI=1S/C13H13BrF2N2O3/c14-9-3-8(15)4-10(16)12(9)17-13(21)18(6-11(19)20)5-7-1-2-7/h3-4,7H,1-2,5-6H2,(H,17,21)(H,19,20). The van der Waals surface area contributed by atoms with Crippen LogP contribution >= 0.6 is 15.9 Å². The first kappa shape index (κ1) is 15.7. The number of carboxylic acid groups (broad SMARTS) is 1.